The van der Waals surface area contributed by atoms with Crippen molar-refractivity contribution in [1.29, 1.82) is 0 Å². The second-order valence-electron chi connectivity index (χ2n) is 6.65. The van der Waals surface area contributed by atoms with E-state index in [1.807, 2.05) is 0 Å². The second-order valence-corrected chi connectivity index (χ2v) is 6.65. The first kappa shape index (κ1) is 15.8. The largest absolute Gasteiger partial charge is 0.344 e. The number of benzene rings is 1. The Labute approximate surface area is 144 Å². The fourth-order valence-electron chi connectivity index (χ4n) is 3.21. The van der Waals surface area contributed by atoms with Gasteiger partial charge in [0, 0.05) is 17.9 Å². The van der Waals surface area contributed by atoms with Gasteiger partial charge < -0.3 is 10.6 Å². The van der Waals surface area contributed by atoms with Crippen LogP contribution in [-0.2, 0) is 9.59 Å². The Balaban J connectivity index is 1.64. The predicted octanol–water partition coefficient (Wildman–Crippen LogP) is 2.70. The molecule has 1 atom stereocenters. The van der Waals surface area contributed by atoms with Crippen LogP contribution in [0.4, 0.5) is 10.1 Å². The fourth-order valence-corrected chi connectivity index (χ4v) is 3.21. The maximum atomic E-state index is 13.6. The summed E-state index contributed by atoms with van der Waals surface area (Å²) >= 11 is 0. The molecular weight excluding hydrogens is 323 g/mol. The van der Waals surface area contributed by atoms with E-state index in [2.05, 4.69) is 20.8 Å². The molecule has 4 rings (SSSR count). The van der Waals surface area contributed by atoms with Gasteiger partial charge in [-0.2, -0.15) is 5.10 Å². The monoisotopic (exact) mass is 342 g/mol. The van der Waals surface area contributed by atoms with E-state index >= 15 is 0 Å². The van der Waals surface area contributed by atoms with E-state index in [1.165, 1.54) is 12.1 Å². The molecule has 0 spiro atoms. The van der Waals surface area contributed by atoms with Gasteiger partial charge in [0.2, 0.25) is 11.8 Å². The lowest BCUT2D eigenvalue weighted by Gasteiger charge is -2.22. The molecule has 2 aliphatic rings. The first-order valence-electron chi connectivity index (χ1n) is 8.56. The summed E-state index contributed by atoms with van der Waals surface area (Å²) in [5.41, 5.74) is 2.59. The molecule has 6 nitrogen and oxygen atoms in total. The number of amides is 2. The lowest BCUT2D eigenvalue weighted by atomic mass is 10.0. The molecule has 1 aliphatic heterocycles. The van der Waals surface area contributed by atoms with Crippen LogP contribution in [0.25, 0.3) is 11.3 Å². The molecule has 1 saturated heterocycles. The Kier molecular flexibility index (Phi) is 3.99. The summed E-state index contributed by atoms with van der Waals surface area (Å²) in [6.45, 7) is 0. The van der Waals surface area contributed by atoms with Crippen molar-refractivity contribution in [2.24, 2.45) is 0 Å². The summed E-state index contributed by atoms with van der Waals surface area (Å²) in [4.78, 5) is 24.2. The van der Waals surface area contributed by atoms with Crippen LogP contribution in [0.1, 0.15) is 43.7 Å². The maximum Gasteiger partial charge on any atom is 0.247 e. The van der Waals surface area contributed by atoms with Gasteiger partial charge in [0.15, 0.2) is 0 Å². The standard InChI is InChI=1S/C18H19FN4O2/c19-12-4-1-3-11(9-12)16-17(15(22-23-16)10-7-8-10)21-18(25)13-5-2-6-14(24)20-13/h1,3-4,9-10,13H,2,5-8H2,(H,20,24)(H,21,25)(H,22,23). The molecule has 7 heteroatoms. The zero-order valence-electron chi connectivity index (χ0n) is 13.6. The highest BCUT2D eigenvalue weighted by atomic mass is 19.1. The number of hydrogen-bond acceptors (Lipinski definition) is 3. The van der Waals surface area contributed by atoms with Crippen LogP contribution in [0.2, 0.25) is 0 Å². The minimum Gasteiger partial charge on any atom is -0.344 e. The fraction of sp³-hybridized carbons (Fsp3) is 0.389. The summed E-state index contributed by atoms with van der Waals surface area (Å²) < 4.78 is 13.6. The van der Waals surface area contributed by atoms with Gasteiger partial charge in [-0.05, 0) is 37.8 Å². The van der Waals surface area contributed by atoms with Crippen LogP contribution < -0.4 is 10.6 Å². The number of halogens is 1. The number of rotatable bonds is 4. The summed E-state index contributed by atoms with van der Waals surface area (Å²) in [6.07, 6.45) is 3.84. The van der Waals surface area contributed by atoms with Crippen molar-refractivity contribution in [2.45, 2.75) is 44.1 Å². The Morgan fingerprint density at radius 1 is 1.28 bits per heavy atom. The number of H-pyrrole nitrogens is 1. The number of nitrogens with zero attached hydrogens (tertiary/aromatic N) is 1. The molecule has 2 heterocycles. The van der Waals surface area contributed by atoms with E-state index in [0.717, 1.165) is 18.5 Å². The molecule has 25 heavy (non-hydrogen) atoms. The highest BCUT2D eigenvalue weighted by Crippen LogP contribution is 2.45. The molecule has 0 bridgehead atoms. The number of piperidine rings is 1. The number of carbonyl (C=O) groups excluding carboxylic acids is 2. The first-order chi connectivity index (χ1) is 12.1. The van der Waals surface area contributed by atoms with Crippen LogP contribution >= 0.6 is 0 Å². The van der Waals surface area contributed by atoms with Crippen LogP contribution in [0.15, 0.2) is 24.3 Å². The smallest absolute Gasteiger partial charge is 0.247 e. The second kappa shape index (κ2) is 6.31. The van der Waals surface area contributed by atoms with Gasteiger partial charge in [-0.3, -0.25) is 14.7 Å². The molecule has 2 fully saturated rings. The highest BCUT2D eigenvalue weighted by molar-refractivity contribution is 6.00. The minimum atomic E-state index is -0.538. The van der Waals surface area contributed by atoms with E-state index in [9.17, 15) is 14.0 Å². The zero-order valence-corrected chi connectivity index (χ0v) is 13.6. The molecule has 1 aromatic heterocycles. The predicted molar refractivity (Wildman–Crippen MR) is 90.4 cm³/mol. The maximum absolute atomic E-state index is 13.6. The van der Waals surface area contributed by atoms with Gasteiger partial charge in [0.05, 0.1) is 11.4 Å². The number of aromatic nitrogens is 2. The number of carbonyl (C=O) groups is 2. The number of aromatic amines is 1. The molecule has 130 valence electrons. The Morgan fingerprint density at radius 2 is 2.12 bits per heavy atom. The molecular formula is C18H19FN4O2. The van der Waals surface area contributed by atoms with E-state index in [1.54, 1.807) is 12.1 Å². The average Bonchev–Trinajstić information content (AvgIpc) is 3.36. The number of hydrogen-bond donors (Lipinski definition) is 3. The highest BCUT2D eigenvalue weighted by Gasteiger charge is 2.32. The SMILES string of the molecule is O=C1CCCC(C(=O)Nc2c(-c3cccc(F)c3)n[nH]c2C2CC2)N1. The summed E-state index contributed by atoms with van der Waals surface area (Å²) in [5.74, 6) is -0.378. The van der Waals surface area contributed by atoms with Gasteiger partial charge in [-0.1, -0.05) is 12.1 Å². The summed E-state index contributed by atoms with van der Waals surface area (Å²) in [7, 11) is 0. The van der Waals surface area contributed by atoms with Crippen molar-refractivity contribution in [2.75, 3.05) is 5.32 Å². The van der Waals surface area contributed by atoms with E-state index in [0.29, 0.717) is 42.1 Å². The van der Waals surface area contributed by atoms with E-state index in [-0.39, 0.29) is 17.6 Å². The van der Waals surface area contributed by atoms with Crippen molar-refractivity contribution in [1.82, 2.24) is 15.5 Å². The lowest BCUT2D eigenvalue weighted by molar-refractivity contribution is -0.128. The van der Waals surface area contributed by atoms with Crippen LogP contribution in [0.5, 0.6) is 0 Å². The van der Waals surface area contributed by atoms with E-state index < -0.39 is 6.04 Å². The van der Waals surface area contributed by atoms with Crippen molar-refractivity contribution >= 4 is 17.5 Å². The third-order valence-corrected chi connectivity index (χ3v) is 4.67. The normalized spacial score (nSPS) is 20.2. The first-order valence-corrected chi connectivity index (χ1v) is 8.56. The topological polar surface area (TPSA) is 86.9 Å². The van der Waals surface area contributed by atoms with Crippen molar-refractivity contribution < 1.29 is 14.0 Å². The third-order valence-electron chi connectivity index (χ3n) is 4.67. The Bertz CT molecular complexity index is 828. The molecule has 2 amide bonds. The third kappa shape index (κ3) is 3.26. The zero-order chi connectivity index (χ0) is 17.4. The quantitative estimate of drug-likeness (QED) is 0.798. The molecule has 1 saturated carbocycles. The van der Waals surface area contributed by atoms with Gasteiger partial charge in [0.1, 0.15) is 17.6 Å². The number of anilines is 1. The van der Waals surface area contributed by atoms with E-state index in [4.69, 9.17) is 0 Å². The Morgan fingerprint density at radius 3 is 2.84 bits per heavy atom. The van der Waals surface area contributed by atoms with Gasteiger partial charge in [0.25, 0.3) is 0 Å². The Hall–Kier alpha value is -2.70. The molecule has 1 unspecified atom stereocenters. The van der Waals surface area contributed by atoms with Crippen molar-refractivity contribution in [3.05, 3.63) is 35.8 Å². The molecule has 2 aromatic rings. The molecule has 1 aromatic carbocycles. The molecule has 1 aliphatic carbocycles. The van der Waals surface area contributed by atoms with Crippen LogP contribution in [0, 0.1) is 5.82 Å². The van der Waals surface area contributed by atoms with Gasteiger partial charge in [-0.25, -0.2) is 4.39 Å². The summed E-state index contributed by atoms with van der Waals surface area (Å²) in [6, 6.07) is 5.60. The number of nitrogens with one attached hydrogen (secondary N) is 3. The lowest BCUT2D eigenvalue weighted by Crippen LogP contribution is -2.46. The van der Waals surface area contributed by atoms with Crippen LogP contribution in [0.3, 0.4) is 0 Å². The van der Waals surface area contributed by atoms with Crippen LogP contribution in [-0.4, -0.2) is 28.1 Å². The molecule has 3 N–H and O–H groups in total. The summed E-state index contributed by atoms with van der Waals surface area (Å²) in [5, 5.41) is 12.9. The van der Waals surface area contributed by atoms with Gasteiger partial charge in [-0.15, -0.1) is 0 Å². The van der Waals surface area contributed by atoms with Crippen molar-refractivity contribution in [3.8, 4) is 11.3 Å². The minimum absolute atomic E-state index is 0.105. The average molecular weight is 342 g/mol. The molecule has 0 radical (unpaired) electrons. The van der Waals surface area contributed by atoms with Crippen molar-refractivity contribution in [3.63, 3.8) is 0 Å². The van der Waals surface area contributed by atoms with Gasteiger partial charge >= 0.3 is 0 Å².